The Balaban J connectivity index is 0.00000113. The number of nitrogens with two attached hydrogens (primary N) is 2. The summed E-state index contributed by atoms with van der Waals surface area (Å²) in [6.45, 7) is 0. The minimum atomic E-state index is 0. The molecule has 0 saturated heterocycles. The molecule has 0 saturated carbocycles. The summed E-state index contributed by atoms with van der Waals surface area (Å²) in [5.41, 5.74) is 15.8. The van der Waals surface area contributed by atoms with Gasteiger partial charge in [-0.05, 0) is 24.3 Å². The zero-order valence-electron chi connectivity index (χ0n) is 12.6. The van der Waals surface area contributed by atoms with Gasteiger partial charge >= 0.3 is 0 Å². The average Bonchev–Trinajstić information content (AvgIpc) is 3.12. The summed E-state index contributed by atoms with van der Waals surface area (Å²) in [4.78, 5) is 15.4. The summed E-state index contributed by atoms with van der Waals surface area (Å²) in [6, 6.07) is 7.18. The third kappa shape index (κ3) is 3.30. The molecular formula is C15H14Cl4N6. The predicted molar refractivity (Wildman–Crippen MR) is 108 cm³/mol. The van der Waals surface area contributed by atoms with Crippen molar-refractivity contribution in [3.05, 3.63) is 46.0 Å². The summed E-state index contributed by atoms with van der Waals surface area (Å²) in [5.74, 6) is 1.47. The number of nitrogens with one attached hydrogen (secondary N) is 2. The minimum absolute atomic E-state index is 0. The molecule has 4 aromatic rings. The molecule has 0 aliphatic rings. The minimum Gasteiger partial charge on any atom is -0.396 e. The van der Waals surface area contributed by atoms with Crippen molar-refractivity contribution in [3.63, 3.8) is 0 Å². The Labute approximate surface area is 165 Å². The Hall–Kier alpha value is -1.86. The number of halogens is 4. The van der Waals surface area contributed by atoms with Crippen molar-refractivity contribution in [2.75, 3.05) is 11.5 Å². The number of hydrogen-bond acceptors (Lipinski definition) is 4. The van der Waals surface area contributed by atoms with E-state index in [1.54, 1.807) is 12.1 Å². The molecule has 0 bridgehead atoms. The van der Waals surface area contributed by atoms with Gasteiger partial charge in [-0.2, -0.15) is 0 Å². The van der Waals surface area contributed by atoms with E-state index in [1.807, 2.05) is 12.1 Å². The molecule has 0 aliphatic carbocycles. The smallest absolute Gasteiger partial charge is 0.114 e. The summed E-state index contributed by atoms with van der Waals surface area (Å²) in [6.07, 6.45) is 0.484. The fraction of sp³-hybridized carbons (Fsp3) is 0.0667. The number of anilines is 2. The highest BCUT2D eigenvalue weighted by Gasteiger charge is 2.12. The number of benzene rings is 2. The number of nitrogen functional groups attached to an aromatic ring is 2. The number of H-pyrrole nitrogens is 2. The first-order valence-corrected chi connectivity index (χ1v) is 7.63. The SMILES string of the molecule is Cl.Cl.Nc1c(Cl)ccc2[nH]c(Cc3nc4c(N)c(Cl)ccc4[nH]3)nc12. The van der Waals surface area contributed by atoms with Crippen molar-refractivity contribution in [2.45, 2.75) is 6.42 Å². The molecule has 132 valence electrons. The largest absolute Gasteiger partial charge is 0.396 e. The maximum atomic E-state index is 6.02. The van der Waals surface area contributed by atoms with E-state index in [4.69, 9.17) is 34.7 Å². The van der Waals surface area contributed by atoms with E-state index in [2.05, 4.69) is 19.9 Å². The van der Waals surface area contributed by atoms with Crippen molar-refractivity contribution >= 4 is 81.5 Å². The van der Waals surface area contributed by atoms with E-state index in [0.717, 1.165) is 22.7 Å². The second-order valence-electron chi connectivity index (χ2n) is 5.26. The molecule has 6 N–H and O–H groups in total. The standard InChI is InChI=1S/C15H12Cl2N6.2ClH/c16-6-1-3-8-14(12(6)18)22-10(20-8)5-11-21-9-4-2-7(17)13(19)15(9)23-11;;/h1-4H,5,18-19H2,(H,20,22)(H,21,23);2*1H. The Bertz CT molecular complexity index is 971. The molecule has 2 heterocycles. The number of rotatable bonds is 2. The lowest BCUT2D eigenvalue weighted by atomic mass is 10.3. The van der Waals surface area contributed by atoms with Crippen LogP contribution in [-0.4, -0.2) is 19.9 Å². The van der Waals surface area contributed by atoms with Crippen LogP contribution < -0.4 is 11.5 Å². The van der Waals surface area contributed by atoms with Crippen LogP contribution in [0.5, 0.6) is 0 Å². The Morgan fingerprint density at radius 1 is 0.760 bits per heavy atom. The predicted octanol–water partition coefficient (Wildman–Crippen LogP) is 4.34. The van der Waals surface area contributed by atoms with Crippen LogP contribution in [0, 0.1) is 0 Å². The summed E-state index contributed by atoms with van der Waals surface area (Å²) in [5, 5.41) is 0.975. The molecule has 0 fully saturated rings. The zero-order valence-corrected chi connectivity index (χ0v) is 15.8. The lowest BCUT2D eigenvalue weighted by Gasteiger charge is -1.96. The van der Waals surface area contributed by atoms with Crippen molar-refractivity contribution < 1.29 is 0 Å². The molecule has 0 unspecified atom stereocenters. The number of aromatic nitrogens is 4. The summed E-state index contributed by atoms with van der Waals surface area (Å²) in [7, 11) is 0. The number of hydrogen-bond donors (Lipinski definition) is 4. The molecule has 0 amide bonds. The molecule has 0 aliphatic heterocycles. The van der Waals surface area contributed by atoms with Gasteiger partial charge in [-0.25, -0.2) is 9.97 Å². The summed E-state index contributed by atoms with van der Waals surface area (Å²) >= 11 is 12.0. The third-order valence-electron chi connectivity index (χ3n) is 3.71. The van der Waals surface area contributed by atoms with Crippen molar-refractivity contribution in [3.8, 4) is 0 Å². The molecular weight excluding hydrogens is 406 g/mol. The Morgan fingerprint density at radius 2 is 1.16 bits per heavy atom. The lowest BCUT2D eigenvalue weighted by Crippen LogP contribution is -1.93. The van der Waals surface area contributed by atoms with Gasteiger partial charge in [-0.1, -0.05) is 23.2 Å². The van der Waals surface area contributed by atoms with Gasteiger partial charge in [0.2, 0.25) is 0 Å². The summed E-state index contributed by atoms with van der Waals surface area (Å²) < 4.78 is 0. The zero-order chi connectivity index (χ0) is 16.1. The molecule has 0 radical (unpaired) electrons. The Kier molecular flexibility index (Phi) is 5.58. The van der Waals surface area contributed by atoms with Gasteiger partial charge in [-0.3, -0.25) is 0 Å². The monoisotopic (exact) mass is 418 g/mol. The molecule has 2 aromatic carbocycles. The highest BCUT2D eigenvalue weighted by atomic mass is 35.5. The van der Waals surface area contributed by atoms with Crippen LogP contribution >= 0.6 is 48.0 Å². The molecule has 2 aromatic heterocycles. The third-order valence-corrected chi connectivity index (χ3v) is 4.37. The first-order chi connectivity index (χ1) is 11.0. The molecule has 4 rings (SSSR count). The molecule has 6 nitrogen and oxygen atoms in total. The Morgan fingerprint density at radius 3 is 1.56 bits per heavy atom. The van der Waals surface area contributed by atoms with E-state index >= 15 is 0 Å². The van der Waals surface area contributed by atoms with Gasteiger partial charge in [0.15, 0.2) is 0 Å². The van der Waals surface area contributed by atoms with Gasteiger partial charge in [-0.15, -0.1) is 24.8 Å². The van der Waals surface area contributed by atoms with Crippen molar-refractivity contribution in [2.24, 2.45) is 0 Å². The van der Waals surface area contributed by atoms with Gasteiger partial charge in [0.25, 0.3) is 0 Å². The first kappa shape index (κ1) is 19.5. The topological polar surface area (TPSA) is 109 Å². The van der Waals surface area contributed by atoms with E-state index < -0.39 is 0 Å². The van der Waals surface area contributed by atoms with E-state index in [9.17, 15) is 0 Å². The van der Waals surface area contributed by atoms with Crippen LogP contribution in [-0.2, 0) is 6.42 Å². The van der Waals surface area contributed by atoms with Gasteiger partial charge < -0.3 is 21.4 Å². The number of imidazole rings is 2. The fourth-order valence-electron chi connectivity index (χ4n) is 2.57. The van der Waals surface area contributed by atoms with Crippen LogP contribution in [0.3, 0.4) is 0 Å². The van der Waals surface area contributed by atoms with Crippen LogP contribution in [0.4, 0.5) is 11.4 Å². The number of aromatic amines is 2. The van der Waals surface area contributed by atoms with Gasteiger partial charge in [0.05, 0.1) is 38.9 Å². The van der Waals surface area contributed by atoms with Crippen LogP contribution in [0.25, 0.3) is 22.1 Å². The highest BCUT2D eigenvalue weighted by Crippen LogP contribution is 2.29. The van der Waals surface area contributed by atoms with E-state index in [0.29, 0.717) is 38.9 Å². The van der Waals surface area contributed by atoms with Crippen molar-refractivity contribution in [1.82, 2.24) is 19.9 Å². The molecule has 10 heteroatoms. The van der Waals surface area contributed by atoms with Gasteiger partial charge in [0, 0.05) is 0 Å². The van der Waals surface area contributed by atoms with Crippen LogP contribution in [0.15, 0.2) is 24.3 Å². The molecule has 0 atom stereocenters. The van der Waals surface area contributed by atoms with Crippen LogP contribution in [0.1, 0.15) is 11.6 Å². The molecule has 25 heavy (non-hydrogen) atoms. The maximum Gasteiger partial charge on any atom is 0.114 e. The van der Waals surface area contributed by atoms with E-state index in [-0.39, 0.29) is 24.8 Å². The van der Waals surface area contributed by atoms with Crippen molar-refractivity contribution in [1.29, 1.82) is 0 Å². The fourth-order valence-corrected chi connectivity index (χ4v) is 2.88. The number of nitrogens with zero attached hydrogens (tertiary/aromatic N) is 2. The average molecular weight is 420 g/mol. The number of fused-ring (bicyclic) bond motifs is 2. The first-order valence-electron chi connectivity index (χ1n) is 6.88. The van der Waals surface area contributed by atoms with Gasteiger partial charge in [0.1, 0.15) is 22.7 Å². The normalized spacial score (nSPS) is 10.6. The second-order valence-corrected chi connectivity index (χ2v) is 6.07. The highest BCUT2D eigenvalue weighted by molar-refractivity contribution is 6.34. The maximum absolute atomic E-state index is 6.02. The van der Waals surface area contributed by atoms with Crippen LogP contribution in [0.2, 0.25) is 10.0 Å². The van der Waals surface area contributed by atoms with E-state index in [1.165, 1.54) is 0 Å². The quantitative estimate of drug-likeness (QED) is 0.362. The molecule has 0 spiro atoms. The second kappa shape index (κ2) is 7.17. The lowest BCUT2D eigenvalue weighted by molar-refractivity contribution is 0.960.